The van der Waals surface area contributed by atoms with Crippen molar-refractivity contribution < 1.29 is 5.11 Å². The lowest BCUT2D eigenvalue weighted by Crippen LogP contribution is -2.47. The van der Waals surface area contributed by atoms with Gasteiger partial charge in [-0.1, -0.05) is 25.7 Å². The highest BCUT2D eigenvalue weighted by Gasteiger charge is 2.28. The number of likely N-dealkylation sites (tertiary alicyclic amines) is 1. The monoisotopic (exact) mass is 254 g/mol. The van der Waals surface area contributed by atoms with E-state index in [9.17, 15) is 5.11 Å². The third-order valence-corrected chi connectivity index (χ3v) is 4.96. The minimum Gasteiger partial charge on any atom is -0.395 e. The Morgan fingerprint density at radius 1 is 1.06 bits per heavy atom. The minimum absolute atomic E-state index is 0.344. The van der Waals surface area contributed by atoms with Crippen molar-refractivity contribution in [3.8, 4) is 0 Å². The zero-order valence-electron chi connectivity index (χ0n) is 11.9. The van der Waals surface area contributed by atoms with E-state index in [0.717, 1.165) is 5.92 Å². The van der Waals surface area contributed by atoms with E-state index < -0.39 is 0 Å². The van der Waals surface area contributed by atoms with Crippen LogP contribution in [0.2, 0.25) is 0 Å². The van der Waals surface area contributed by atoms with E-state index in [-0.39, 0.29) is 0 Å². The van der Waals surface area contributed by atoms with Crippen LogP contribution in [0, 0.1) is 5.92 Å². The lowest BCUT2D eigenvalue weighted by atomic mass is 9.92. The van der Waals surface area contributed by atoms with E-state index in [1.54, 1.807) is 0 Å². The van der Waals surface area contributed by atoms with Crippen LogP contribution < -0.4 is 5.32 Å². The summed E-state index contributed by atoms with van der Waals surface area (Å²) in [5.74, 6) is 0.782. The molecule has 0 radical (unpaired) electrons. The summed E-state index contributed by atoms with van der Waals surface area (Å²) in [7, 11) is 2.11. The van der Waals surface area contributed by atoms with Gasteiger partial charge in [0.05, 0.1) is 6.61 Å². The molecule has 2 fully saturated rings. The van der Waals surface area contributed by atoms with Crippen LogP contribution in [0.15, 0.2) is 0 Å². The van der Waals surface area contributed by atoms with E-state index >= 15 is 0 Å². The maximum Gasteiger partial charge on any atom is 0.0586 e. The fraction of sp³-hybridized carbons (Fsp3) is 1.00. The largest absolute Gasteiger partial charge is 0.395 e. The van der Waals surface area contributed by atoms with Gasteiger partial charge in [-0.15, -0.1) is 0 Å². The van der Waals surface area contributed by atoms with Crippen LogP contribution in [0.25, 0.3) is 0 Å². The van der Waals surface area contributed by atoms with Crippen LogP contribution in [-0.4, -0.2) is 48.8 Å². The van der Waals surface area contributed by atoms with Gasteiger partial charge < -0.3 is 10.4 Å². The summed E-state index contributed by atoms with van der Waals surface area (Å²) in [4.78, 5) is 2.56. The Kier molecular flexibility index (Phi) is 5.93. The summed E-state index contributed by atoms with van der Waals surface area (Å²) < 4.78 is 0. The first-order valence-electron chi connectivity index (χ1n) is 7.87. The van der Waals surface area contributed by atoms with Gasteiger partial charge in [0.25, 0.3) is 0 Å². The highest BCUT2D eigenvalue weighted by molar-refractivity contribution is 4.84. The zero-order valence-corrected chi connectivity index (χ0v) is 11.9. The highest BCUT2D eigenvalue weighted by atomic mass is 16.3. The minimum atomic E-state index is 0.344. The molecule has 106 valence electrons. The molecule has 0 aromatic rings. The predicted molar refractivity (Wildman–Crippen MR) is 75.7 cm³/mol. The van der Waals surface area contributed by atoms with Gasteiger partial charge in [0.2, 0.25) is 0 Å². The smallest absolute Gasteiger partial charge is 0.0586 e. The molecule has 3 unspecified atom stereocenters. The molecule has 2 N–H and O–H groups in total. The molecule has 18 heavy (non-hydrogen) atoms. The second-order valence-electron chi connectivity index (χ2n) is 6.12. The van der Waals surface area contributed by atoms with Crippen LogP contribution in [0.3, 0.4) is 0 Å². The summed E-state index contributed by atoms with van der Waals surface area (Å²) in [6.07, 6.45) is 10.7. The molecule has 0 aromatic heterocycles. The molecule has 1 saturated carbocycles. The number of hydrogen-bond donors (Lipinski definition) is 2. The van der Waals surface area contributed by atoms with Crippen LogP contribution in [-0.2, 0) is 0 Å². The number of aliphatic hydroxyl groups excluding tert-OH is 1. The maximum absolute atomic E-state index is 9.51. The molecule has 1 saturated heterocycles. The Morgan fingerprint density at radius 2 is 1.83 bits per heavy atom. The number of rotatable bonds is 4. The Labute approximate surface area is 112 Å². The molecular weight excluding hydrogens is 224 g/mol. The van der Waals surface area contributed by atoms with Crippen LogP contribution in [0.4, 0.5) is 0 Å². The van der Waals surface area contributed by atoms with Crippen LogP contribution in [0.5, 0.6) is 0 Å². The zero-order chi connectivity index (χ0) is 12.8. The first kappa shape index (κ1) is 14.3. The van der Waals surface area contributed by atoms with Crippen molar-refractivity contribution in [2.75, 3.05) is 26.7 Å². The summed E-state index contributed by atoms with van der Waals surface area (Å²) in [5.41, 5.74) is 0. The van der Waals surface area contributed by atoms with E-state index in [4.69, 9.17) is 0 Å². The van der Waals surface area contributed by atoms with E-state index in [2.05, 4.69) is 17.3 Å². The Balaban J connectivity index is 1.91. The van der Waals surface area contributed by atoms with Crippen molar-refractivity contribution in [1.82, 2.24) is 10.2 Å². The van der Waals surface area contributed by atoms with Gasteiger partial charge >= 0.3 is 0 Å². The molecular formula is C15H30N2O. The fourth-order valence-electron chi connectivity index (χ4n) is 3.79. The average molecular weight is 254 g/mol. The Morgan fingerprint density at radius 3 is 2.61 bits per heavy atom. The molecule has 0 aromatic carbocycles. The molecule has 3 heteroatoms. The number of hydrogen-bond acceptors (Lipinski definition) is 3. The second kappa shape index (κ2) is 7.46. The summed E-state index contributed by atoms with van der Waals surface area (Å²) in [6.45, 7) is 2.73. The SMILES string of the molecule is CNC1CCCCCC1CN1CCCCC1CO. The lowest BCUT2D eigenvalue weighted by Gasteiger charge is -2.38. The molecule has 1 aliphatic heterocycles. The van der Waals surface area contributed by atoms with Crippen molar-refractivity contribution in [3.05, 3.63) is 0 Å². The fourth-order valence-corrected chi connectivity index (χ4v) is 3.79. The maximum atomic E-state index is 9.51. The van der Waals surface area contributed by atoms with Gasteiger partial charge in [0.1, 0.15) is 0 Å². The topological polar surface area (TPSA) is 35.5 Å². The molecule has 0 bridgehead atoms. The normalized spacial score (nSPS) is 35.3. The van der Waals surface area contributed by atoms with Gasteiger partial charge in [0.15, 0.2) is 0 Å². The molecule has 3 nitrogen and oxygen atoms in total. The average Bonchev–Trinajstić information content (AvgIpc) is 2.64. The molecule has 1 heterocycles. The summed E-state index contributed by atoms with van der Waals surface area (Å²) >= 11 is 0. The lowest BCUT2D eigenvalue weighted by molar-refractivity contribution is 0.0685. The van der Waals surface area contributed by atoms with Gasteiger partial charge in [-0.25, -0.2) is 0 Å². The van der Waals surface area contributed by atoms with Gasteiger partial charge in [-0.3, -0.25) is 4.90 Å². The predicted octanol–water partition coefficient (Wildman–Crippen LogP) is 2.00. The Bertz CT molecular complexity index is 235. The summed E-state index contributed by atoms with van der Waals surface area (Å²) in [6, 6.07) is 1.12. The van der Waals surface area contributed by atoms with Crippen molar-refractivity contribution >= 4 is 0 Å². The van der Waals surface area contributed by atoms with E-state index in [1.807, 2.05) is 0 Å². The molecule has 1 aliphatic carbocycles. The first-order valence-corrected chi connectivity index (χ1v) is 7.87. The van der Waals surface area contributed by atoms with Crippen molar-refractivity contribution in [1.29, 1.82) is 0 Å². The summed E-state index contributed by atoms with van der Waals surface area (Å²) in [5, 5.41) is 13.0. The van der Waals surface area contributed by atoms with Gasteiger partial charge in [-0.2, -0.15) is 0 Å². The quantitative estimate of drug-likeness (QED) is 0.753. The van der Waals surface area contributed by atoms with Crippen molar-refractivity contribution in [2.45, 2.75) is 63.5 Å². The van der Waals surface area contributed by atoms with E-state index in [1.165, 1.54) is 64.5 Å². The van der Waals surface area contributed by atoms with Crippen LogP contribution >= 0.6 is 0 Å². The van der Waals surface area contributed by atoms with E-state index in [0.29, 0.717) is 18.7 Å². The molecule has 2 rings (SSSR count). The van der Waals surface area contributed by atoms with Gasteiger partial charge in [-0.05, 0) is 45.2 Å². The van der Waals surface area contributed by atoms with Crippen molar-refractivity contribution in [2.24, 2.45) is 5.92 Å². The molecule has 0 amide bonds. The van der Waals surface area contributed by atoms with Crippen LogP contribution in [0.1, 0.15) is 51.4 Å². The highest BCUT2D eigenvalue weighted by Crippen LogP contribution is 2.26. The standard InChI is InChI=1S/C15H30N2O/c1-16-15-9-4-2-3-7-13(15)11-17-10-6-5-8-14(17)12-18/h13-16,18H,2-12H2,1H3. The third kappa shape index (κ3) is 3.69. The number of nitrogens with one attached hydrogen (secondary N) is 1. The Hall–Kier alpha value is -0.120. The molecule has 2 aliphatic rings. The van der Waals surface area contributed by atoms with Crippen molar-refractivity contribution in [3.63, 3.8) is 0 Å². The number of nitrogens with zero attached hydrogens (tertiary/aromatic N) is 1. The first-order chi connectivity index (χ1) is 8.85. The third-order valence-electron chi connectivity index (χ3n) is 4.96. The van der Waals surface area contributed by atoms with Gasteiger partial charge in [0, 0.05) is 18.6 Å². The molecule has 3 atom stereocenters. The second-order valence-corrected chi connectivity index (χ2v) is 6.12. The molecule has 0 spiro atoms. The number of piperidine rings is 1. The number of aliphatic hydroxyl groups is 1.